The number of aliphatic hydroxyl groups excluding tert-OH is 1. The zero-order valence-corrected chi connectivity index (χ0v) is 13.3. The molecule has 1 aromatic carbocycles. The number of fused-ring (bicyclic) bond motifs is 1. The van der Waals surface area contributed by atoms with E-state index >= 15 is 0 Å². The van der Waals surface area contributed by atoms with Crippen LogP contribution in [0.2, 0.25) is 0 Å². The smallest absolute Gasteiger partial charge is 0.199 e. The summed E-state index contributed by atoms with van der Waals surface area (Å²) in [6.07, 6.45) is -0.110. The van der Waals surface area contributed by atoms with Crippen molar-refractivity contribution in [3.8, 4) is 16.3 Å². The Morgan fingerprint density at radius 2 is 2.22 bits per heavy atom. The van der Waals surface area contributed by atoms with Gasteiger partial charge >= 0.3 is 0 Å². The lowest BCUT2D eigenvalue weighted by Crippen LogP contribution is -2.06. The number of halogens is 1. The molecule has 0 spiro atoms. The van der Waals surface area contributed by atoms with Gasteiger partial charge in [-0.1, -0.05) is 0 Å². The van der Waals surface area contributed by atoms with Crippen molar-refractivity contribution < 1.29 is 14.2 Å². The SMILES string of the molecule is CNc1ccc(-c2nc3ccc(OCC[C@H](O)F)cc3s2)cn1. The van der Waals surface area contributed by atoms with Crippen molar-refractivity contribution in [2.75, 3.05) is 19.0 Å². The number of benzene rings is 1. The van der Waals surface area contributed by atoms with Crippen LogP contribution in [0.5, 0.6) is 5.75 Å². The third-order valence-corrected chi connectivity index (χ3v) is 4.32. The van der Waals surface area contributed by atoms with Gasteiger partial charge in [0.1, 0.15) is 16.6 Å². The minimum atomic E-state index is -1.85. The van der Waals surface area contributed by atoms with E-state index in [1.54, 1.807) is 23.6 Å². The molecule has 0 bridgehead atoms. The fourth-order valence-electron chi connectivity index (χ4n) is 2.06. The summed E-state index contributed by atoms with van der Waals surface area (Å²) < 4.78 is 18.8. The van der Waals surface area contributed by atoms with Crippen LogP contribution >= 0.6 is 11.3 Å². The van der Waals surface area contributed by atoms with Crippen LogP contribution in [-0.4, -0.2) is 35.1 Å². The molecule has 0 aliphatic heterocycles. The highest BCUT2D eigenvalue weighted by molar-refractivity contribution is 7.21. The first-order valence-electron chi connectivity index (χ1n) is 7.15. The maximum Gasteiger partial charge on any atom is 0.199 e. The van der Waals surface area contributed by atoms with Crippen LogP contribution < -0.4 is 10.1 Å². The van der Waals surface area contributed by atoms with E-state index in [9.17, 15) is 4.39 Å². The number of pyridine rings is 1. The molecule has 2 N–H and O–H groups in total. The van der Waals surface area contributed by atoms with Crippen molar-refractivity contribution in [1.82, 2.24) is 9.97 Å². The lowest BCUT2D eigenvalue weighted by molar-refractivity contribution is 0.0231. The maximum absolute atomic E-state index is 12.4. The molecule has 7 heteroatoms. The summed E-state index contributed by atoms with van der Waals surface area (Å²) >= 11 is 1.54. The number of ether oxygens (including phenoxy) is 1. The molecule has 2 aromatic heterocycles. The Hall–Kier alpha value is -2.25. The molecule has 5 nitrogen and oxygen atoms in total. The Kier molecular flexibility index (Phi) is 4.68. The Bertz CT molecular complexity index is 790. The lowest BCUT2D eigenvalue weighted by Gasteiger charge is -2.05. The fraction of sp³-hybridized carbons (Fsp3) is 0.250. The van der Waals surface area contributed by atoms with Crippen LogP contribution in [0.15, 0.2) is 36.5 Å². The van der Waals surface area contributed by atoms with Gasteiger partial charge in [0.15, 0.2) is 6.36 Å². The van der Waals surface area contributed by atoms with E-state index in [-0.39, 0.29) is 13.0 Å². The van der Waals surface area contributed by atoms with Crippen molar-refractivity contribution in [2.45, 2.75) is 12.8 Å². The molecule has 0 saturated carbocycles. The Morgan fingerprint density at radius 3 is 2.91 bits per heavy atom. The third kappa shape index (κ3) is 3.75. The minimum Gasteiger partial charge on any atom is -0.493 e. The molecule has 0 fully saturated rings. The summed E-state index contributed by atoms with van der Waals surface area (Å²) in [4.78, 5) is 8.88. The predicted molar refractivity (Wildman–Crippen MR) is 89.6 cm³/mol. The molecule has 120 valence electrons. The third-order valence-electron chi connectivity index (χ3n) is 3.25. The van der Waals surface area contributed by atoms with Crippen LogP contribution in [0.1, 0.15) is 6.42 Å². The van der Waals surface area contributed by atoms with Crippen molar-refractivity contribution >= 4 is 27.4 Å². The predicted octanol–water partition coefficient (Wildman–Crippen LogP) is 3.46. The summed E-state index contributed by atoms with van der Waals surface area (Å²) in [5, 5.41) is 12.5. The van der Waals surface area contributed by atoms with Crippen molar-refractivity contribution in [2.24, 2.45) is 0 Å². The summed E-state index contributed by atoms with van der Waals surface area (Å²) in [5.74, 6) is 1.44. The van der Waals surface area contributed by atoms with Crippen LogP contribution in [-0.2, 0) is 0 Å². The highest BCUT2D eigenvalue weighted by atomic mass is 32.1. The first-order valence-corrected chi connectivity index (χ1v) is 7.97. The van der Waals surface area contributed by atoms with Gasteiger partial charge < -0.3 is 15.2 Å². The van der Waals surface area contributed by atoms with Gasteiger partial charge in [0.2, 0.25) is 0 Å². The monoisotopic (exact) mass is 333 g/mol. The number of hydrogen-bond acceptors (Lipinski definition) is 6. The lowest BCUT2D eigenvalue weighted by atomic mass is 10.3. The molecule has 0 radical (unpaired) electrons. The van der Waals surface area contributed by atoms with E-state index in [0.29, 0.717) is 5.75 Å². The van der Waals surface area contributed by atoms with Crippen LogP contribution in [0, 0.1) is 0 Å². The van der Waals surface area contributed by atoms with E-state index in [0.717, 1.165) is 26.6 Å². The number of rotatable bonds is 6. The summed E-state index contributed by atoms with van der Waals surface area (Å²) in [6, 6.07) is 9.40. The normalized spacial score (nSPS) is 12.3. The number of thiazole rings is 1. The molecular weight excluding hydrogens is 317 g/mol. The summed E-state index contributed by atoms with van der Waals surface area (Å²) in [5.41, 5.74) is 1.83. The molecule has 3 aromatic rings. The Morgan fingerprint density at radius 1 is 1.35 bits per heavy atom. The minimum absolute atomic E-state index is 0.0462. The number of aromatic nitrogens is 2. The fourth-order valence-corrected chi connectivity index (χ4v) is 3.04. The Labute approximate surface area is 136 Å². The number of anilines is 1. The van der Waals surface area contributed by atoms with Crippen LogP contribution in [0.3, 0.4) is 0 Å². The number of aliphatic hydroxyl groups is 1. The van der Waals surface area contributed by atoms with Crippen LogP contribution in [0.25, 0.3) is 20.8 Å². The molecule has 0 amide bonds. The molecule has 0 unspecified atom stereocenters. The first kappa shape index (κ1) is 15.6. The zero-order chi connectivity index (χ0) is 16.2. The molecule has 3 rings (SSSR count). The van der Waals surface area contributed by atoms with E-state index < -0.39 is 6.36 Å². The topological polar surface area (TPSA) is 67.3 Å². The molecular formula is C16H16FN3O2S. The van der Waals surface area contributed by atoms with Gasteiger partial charge in [0.25, 0.3) is 0 Å². The number of nitrogens with one attached hydrogen (secondary N) is 1. The summed E-state index contributed by atoms with van der Waals surface area (Å²) in [6.45, 7) is 0.129. The van der Waals surface area contributed by atoms with E-state index in [1.165, 1.54) is 0 Å². The average molecular weight is 333 g/mol. The number of nitrogens with zero attached hydrogens (tertiary/aromatic N) is 2. The highest BCUT2D eigenvalue weighted by Crippen LogP contribution is 2.32. The summed E-state index contributed by atoms with van der Waals surface area (Å²) in [7, 11) is 1.82. The van der Waals surface area contributed by atoms with Gasteiger partial charge in [0, 0.05) is 25.2 Å². The van der Waals surface area contributed by atoms with Crippen LogP contribution in [0.4, 0.5) is 10.2 Å². The molecule has 23 heavy (non-hydrogen) atoms. The molecule has 0 saturated heterocycles. The maximum atomic E-state index is 12.4. The largest absolute Gasteiger partial charge is 0.493 e. The molecule has 1 atom stereocenters. The molecule has 2 heterocycles. The standard InChI is InChI=1S/C16H16FN3O2S/c1-18-15-5-2-10(9-19-15)16-20-12-4-3-11(8-13(12)23-16)22-7-6-14(17)21/h2-5,8-9,14,21H,6-7H2,1H3,(H,18,19)/t14-/m0/s1. The van der Waals surface area contributed by atoms with Gasteiger partial charge in [-0.3, -0.25) is 0 Å². The van der Waals surface area contributed by atoms with E-state index in [4.69, 9.17) is 9.84 Å². The van der Waals surface area contributed by atoms with Gasteiger partial charge in [0.05, 0.1) is 16.8 Å². The quantitative estimate of drug-likeness (QED) is 0.723. The van der Waals surface area contributed by atoms with Crippen molar-refractivity contribution in [1.29, 1.82) is 0 Å². The van der Waals surface area contributed by atoms with Crippen molar-refractivity contribution in [3.05, 3.63) is 36.5 Å². The highest BCUT2D eigenvalue weighted by Gasteiger charge is 2.08. The zero-order valence-electron chi connectivity index (χ0n) is 12.5. The van der Waals surface area contributed by atoms with E-state index in [1.807, 2.05) is 31.3 Å². The van der Waals surface area contributed by atoms with Gasteiger partial charge in [-0.25, -0.2) is 14.4 Å². The second-order valence-electron chi connectivity index (χ2n) is 4.90. The second-order valence-corrected chi connectivity index (χ2v) is 5.93. The van der Waals surface area contributed by atoms with E-state index in [2.05, 4.69) is 15.3 Å². The van der Waals surface area contributed by atoms with Crippen molar-refractivity contribution in [3.63, 3.8) is 0 Å². The van der Waals surface area contributed by atoms with Gasteiger partial charge in [-0.2, -0.15) is 0 Å². The second kappa shape index (κ2) is 6.89. The first-order chi connectivity index (χ1) is 11.2. The average Bonchev–Trinajstić information content (AvgIpc) is 2.98. The van der Waals surface area contributed by atoms with Gasteiger partial charge in [-0.15, -0.1) is 11.3 Å². The number of alkyl halides is 1. The number of hydrogen-bond donors (Lipinski definition) is 2. The Balaban J connectivity index is 1.80. The van der Waals surface area contributed by atoms with Gasteiger partial charge in [-0.05, 0) is 30.3 Å². The molecule has 0 aliphatic carbocycles. The molecule has 0 aliphatic rings.